The largest absolute Gasteiger partial charge is 0.389 e. The van der Waals surface area contributed by atoms with Crippen molar-refractivity contribution in [2.45, 2.75) is 50.8 Å². The summed E-state index contributed by atoms with van der Waals surface area (Å²) in [5.74, 6) is -1.26. The molecule has 0 bridgehead atoms. The minimum Gasteiger partial charge on any atom is -0.389 e. The van der Waals surface area contributed by atoms with E-state index in [1.165, 1.54) is 12.1 Å². The fraction of sp³-hybridized carbons (Fsp3) is 0.611. The van der Waals surface area contributed by atoms with Crippen molar-refractivity contribution < 1.29 is 18.7 Å². The van der Waals surface area contributed by atoms with E-state index in [1.54, 1.807) is 11.8 Å². The molecule has 1 aromatic carbocycles. The fourth-order valence-electron chi connectivity index (χ4n) is 3.80. The smallest absolute Gasteiger partial charge is 0.240 e. The van der Waals surface area contributed by atoms with Gasteiger partial charge in [-0.3, -0.25) is 9.69 Å². The lowest BCUT2D eigenvalue weighted by Crippen LogP contribution is -2.57. The molecule has 132 valence electrons. The van der Waals surface area contributed by atoms with Crippen LogP contribution in [0.4, 0.5) is 8.78 Å². The quantitative estimate of drug-likeness (QED) is 0.920. The van der Waals surface area contributed by atoms with Crippen LogP contribution in [0.15, 0.2) is 18.2 Å². The number of carbonyl (C=O) groups is 1. The number of hydrogen-bond donors (Lipinski definition) is 1. The van der Waals surface area contributed by atoms with Crippen molar-refractivity contribution in [3.05, 3.63) is 35.4 Å². The summed E-state index contributed by atoms with van der Waals surface area (Å²) in [7, 11) is 0. The molecule has 2 aliphatic heterocycles. The second-order valence-corrected chi connectivity index (χ2v) is 7.22. The molecule has 2 atom stereocenters. The predicted molar refractivity (Wildman–Crippen MR) is 86.2 cm³/mol. The minimum absolute atomic E-state index is 0.0253. The van der Waals surface area contributed by atoms with E-state index < -0.39 is 17.2 Å². The van der Waals surface area contributed by atoms with Gasteiger partial charge in [0.2, 0.25) is 5.91 Å². The van der Waals surface area contributed by atoms with E-state index >= 15 is 0 Å². The zero-order valence-corrected chi connectivity index (χ0v) is 14.0. The normalized spacial score (nSPS) is 29.1. The molecule has 2 aliphatic rings. The third kappa shape index (κ3) is 3.75. The second kappa shape index (κ2) is 6.76. The Balaban J connectivity index is 1.70. The molecule has 2 saturated heterocycles. The molecule has 24 heavy (non-hydrogen) atoms. The van der Waals surface area contributed by atoms with Gasteiger partial charge in [-0.2, -0.15) is 0 Å². The number of piperidine rings is 2. The summed E-state index contributed by atoms with van der Waals surface area (Å²) >= 11 is 0. The first-order valence-corrected chi connectivity index (χ1v) is 8.55. The summed E-state index contributed by atoms with van der Waals surface area (Å²) in [4.78, 5) is 16.5. The molecular formula is C18H24F2N2O2. The Morgan fingerprint density at radius 3 is 2.79 bits per heavy atom. The van der Waals surface area contributed by atoms with Gasteiger partial charge >= 0.3 is 0 Å². The lowest BCUT2D eigenvalue weighted by molar-refractivity contribution is -0.143. The summed E-state index contributed by atoms with van der Waals surface area (Å²) in [6, 6.07) is 3.21. The summed E-state index contributed by atoms with van der Waals surface area (Å²) < 4.78 is 26.9. The van der Waals surface area contributed by atoms with Crippen LogP contribution in [0.3, 0.4) is 0 Å². The standard InChI is InChI=1S/C18H24F2N2O2/c1-18(24)7-3-9-22(12-18)16-4-2-8-21(17(16)23)11-13-5-6-14(19)10-15(13)20/h5-6,10,16,24H,2-4,7-9,11-12H2,1H3/t16-,18-/m0/s1. The Labute approximate surface area is 141 Å². The van der Waals surface area contributed by atoms with Crippen LogP contribution in [0, 0.1) is 11.6 Å². The molecular weight excluding hydrogens is 314 g/mol. The summed E-state index contributed by atoms with van der Waals surface area (Å²) in [6.07, 6.45) is 3.22. The third-order valence-electron chi connectivity index (χ3n) is 5.02. The summed E-state index contributed by atoms with van der Waals surface area (Å²) in [6.45, 7) is 3.83. The van der Waals surface area contributed by atoms with Gasteiger partial charge < -0.3 is 10.0 Å². The van der Waals surface area contributed by atoms with Gasteiger partial charge in [-0.15, -0.1) is 0 Å². The van der Waals surface area contributed by atoms with Gasteiger partial charge in [-0.05, 0) is 45.2 Å². The summed E-state index contributed by atoms with van der Waals surface area (Å²) in [5.41, 5.74) is -0.430. The number of hydrogen-bond acceptors (Lipinski definition) is 3. The van der Waals surface area contributed by atoms with Crippen LogP contribution in [-0.2, 0) is 11.3 Å². The van der Waals surface area contributed by atoms with Crippen molar-refractivity contribution in [2.75, 3.05) is 19.6 Å². The Morgan fingerprint density at radius 1 is 1.29 bits per heavy atom. The first-order valence-electron chi connectivity index (χ1n) is 8.55. The zero-order chi connectivity index (χ0) is 17.3. The number of β-amino-alcohol motifs (C(OH)–C–C–N with tert-alkyl or cyclic N) is 1. The molecule has 0 saturated carbocycles. The highest BCUT2D eigenvalue weighted by atomic mass is 19.1. The molecule has 1 N–H and O–H groups in total. The number of rotatable bonds is 3. The highest BCUT2D eigenvalue weighted by Gasteiger charge is 2.38. The molecule has 1 aromatic rings. The van der Waals surface area contributed by atoms with Crippen molar-refractivity contribution in [1.82, 2.24) is 9.80 Å². The van der Waals surface area contributed by atoms with E-state index in [4.69, 9.17) is 0 Å². The lowest BCUT2D eigenvalue weighted by atomic mass is 9.92. The highest BCUT2D eigenvalue weighted by Crippen LogP contribution is 2.27. The van der Waals surface area contributed by atoms with Gasteiger partial charge in [0.1, 0.15) is 11.6 Å². The number of nitrogens with zero attached hydrogens (tertiary/aromatic N) is 2. The number of likely N-dealkylation sites (tertiary alicyclic amines) is 2. The molecule has 1 amide bonds. The first kappa shape index (κ1) is 17.3. The zero-order valence-electron chi connectivity index (χ0n) is 14.0. The van der Waals surface area contributed by atoms with Gasteiger partial charge in [0.15, 0.2) is 0 Å². The predicted octanol–water partition coefficient (Wildman–Crippen LogP) is 2.30. The molecule has 3 rings (SSSR count). The van der Waals surface area contributed by atoms with Crippen molar-refractivity contribution in [2.24, 2.45) is 0 Å². The van der Waals surface area contributed by atoms with Crippen molar-refractivity contribution in [3.63, 3.8) is 0 Å². The maximum absolute atomic E-state index is 13.9. The summed E-state index contributed by atoms with van der Waals surface area (Å²) in [5, 5.41) is 10.3. The number of benzene rings is 1. The average Bonchev–Trinajstić information content (AvgIpc) is 2.51. The van der Waals surface area contributed by atoms with Crippen LogP contribution in [-0.4, -0.2) is 52.1 Å². The number of carbonyl (C=O) groups excluding carboxylic acids is 1. The van der Waals surface area contributed by atoms with Crippen LogP contribution >= 0.6 is 0 Å². The van der Waals surface area contributed by atoms with Crippen molar-refractivity contribution >= 4 is 5.91 Å². The van der Waals surface area contributed by atoms with Gasteiger partial charge in [0.05, 0.1) is 11.6 Å². The maximum Gasteiger partial charge on any atom is 0.240 e. The first-order chi connectivity index (χ1) is 11.4. The van der Waals surface area contributed by atoms with Crippen LogP contribution < -0.4 is 0 Å². The molecule has 0 spiro atoms. The van der Waals surface area contributed by atoms with E-state index in [2.05, 4.69) is 4.90 Å². The van der Waals surface area contributed by atoms with Crippen LogP contribution in [0.2, 0.25) is 0 Å². The van der Waals surface area contributed by atoms with E-state index in [0.29, 0.717) is 18.7 Å². The topological polar surface area (TPSA) is 43.8 Å². The van der Waals surface area contributed by atoms with Crippen molar-refractivity contribution in [1.29, 1.82) is 0 Å². The Hall–Kier alpha value is -1.53. The molecule has 0 unspecified atom stereocenters. The SMILES string of the molecule is C[C@]1(O)CCCN([C@H]2CCCN(Cc3ccc(F)cc3F)C2=O)C1. The second-order valence-electron chi connectivity index (χ2n) is 7.22. The number of amides is 1. The van der Waals surface area contributed by atoms with Gasteiger partial charge in [-0.1, -0.05) is 6.07 Å². The highest BCUT2D eigenvalue weighted by molar-refractivity contribution is 5.82. The average molecular weight is 338 g/mol. The lowest BCUT2D eigenvalue weighted by Gasteiger charge is -2.44. The third-order valence-corrected chi connectivity index (χ3v) is 5.02. The minimum atomic E-state index is -0.760. The van der Waals surface area contributed by atoms with E-state index in [-0.39, 0.29) is 18.5 Å². The Kier molecular flexibility index (Phi) is 4.88. The molecule has 0 radical (unpaired) electrons. The van der Waals surface area contributed by atoms with E-state index in [1.807, 2.05) is 0 Å². The molecule has 2 heterocycles. The molecule has 0 aromatic heterocycles. The van der Waals surface area contributed by atoms with Crippen molar-refractivity contribution in [3.8, 4) is 0 Å². The van der Waals surface area contributed by atoms with Gasteiger partial charge in [0.25, 0.3) is 0 Å². The monoisotopic (exact) mass is 338 g/mol. The Morgan fingerprint density at radius 2 is 2.08 bits per heavy atom. The van der Waals surface area contributed by atoms with Gasteiger partial charge in [-0.25, -0.2) is 8.78 Å². The molecule has 2 fully saturated rings. The van der Waals surface area contributed by atoms with Crippen LogP contribution in [0.1, 0.15) is 38.2 Å². The van der Waals surface area contributed by atoms with E-state index in [0.717, 1.165) is 38.3 Å². The van der Waals surface area contributed by atoms with Crippen LogP contribution in [0.25, 0.3) is 0 Å². The fourth-order valence-corrected chi connectivity index (χ4v) is 3.80. The molecule has 4 nitrogen and oxygen atoms in total. The number of halogens is 2. The molecule has 6 heteroatoms. The van der Waals surface area contributed by atoms with Gasteiger partial charge in [0, 0.05) is 31.3 Å². The Bertz CT molecular complexity index is 621. The van der Waals surface area contributed by atoms with E-state index in [9.17, 15) is 18.7 Å². The number of aliphatic hydroxyl groups is 1. The molecule has 0 aliphatic carbocycles. The van der Waals surface area contributed by atoms with Crippen LogP contribution in [0.5, 0.6) is 0 Å². The maximum atomic E-state index is 13.9.